The number of carbonyl (C=O) groups excluding carboxylic acids is 1. The van der Waals surface area contributed by atoms with Crippen molar-refractivity contribution < 1.29 is 13.2 Å². The van der Waals surface area contributed by atoms with Crippen LogP contribution >= 0.6 is 0 Å². The van der Waals surface area contributed by atoms with Crippen molar-refractivity contribution in [2.24, 2.45) is 0 Å². The molecule has 1 saturated carbocycles. The topological polar surface area (TPSA) is 78.5 Å². The normalized spacial score (nSPS) is 16.1. The molecule has 6 nitrogen and oxygen atoms in total. The van der Waals surface area contributed by atoms with E-state index >= 15 is 0 Å². The van der Waals surface area contributed by atoms with Crippen LogP contribution in [0, 0.1) is 0 Å². The lowest BCUT2D eigenvalue weighted by Gasteiger charge is -2.18. The van der Waals surface area contributed by atoms with Gasteiger partial charge in [0.25, 0.3) is 5.91 Å². The van der Waals surface area contributed by atoms with Crippen LogP contribution < -0.4 is 10.0 Å². The van der Waals surface area contributed by atoms with E-state index in [0.717, 1.165) is 0 Å². The van der Waals surface area contributed by atoms with Gasteiger partial charge >= 0.3 is 0 Å². The fourth-order valence-electron chi connectivity index (χ4n) is 3.50. The second kappa shape index (κ2) is 10.8. The molecule has 0 spiro atoms. The van der Waals surface area contributed by atoms with Gasteiger partial charge in [0.05, 0.1) is 4.90 Å². The summed E-state index contributed by atoms with van der Waals surface area (Å²) in [7, 11) is -3.56. The highest BCUT2D eigenvalue weighted by molar-refractivity contribution is 7.89. The molecule has 27 heavy (non-hydrogen) atoms. The molecule has 0 bridgehead atoms. The molecule has 1 aliphatic carbocycles. The molecule has 0 saturated heterocycles. The number of carbonyl (C=O) groups is 1. The van der Waals surface area contributed by atoms with Crippen molar-refractivity contribution in [1.82, 2.24) is 14.9 Å². The Morgan fingerprint density at radius 2 is 1.59 bits per heavy atom. The second-order valence-corrected chi connectivity index (χ2v) is 8.81. The molecular weight excluding hydrogens is 362 g/mol. The summed E-state index contributed by atoms with van der Waals surface area (Å²) < 4.78 is 27.5. The van der Waals surface area contributed by atoms with E-state index in [1.165, 1.54) is 50.7 Å². The van der Waals surface area contributed by atoms with E-state index in [1.807, 2.05) is 13.8 Å². The highest BCUT2D eigenvalue weighted by Gasteiger charge is 2.17. The van der Waals surface area contributed by atoms with Crippen molar-refractivity contribution >= 4 is 15.9 Å². The van der Waals surface area contributed by atoms with Gasteiger partial charge in [-0.15, -0.1) is 0 Å². The predicted molar refractivity (Wildman–Crippen MR) is 108 cm³/mol. The molecule has 152 valence electrons. The van der Waals surface area contributed by atoms with Gasteiger partial charge < -0.3 is 10.2 Å². The average Bonchev–Trinajstić information content (AvgIpc) is 2.95. The number of nitrogens with zero attached hydrogens (tertiary/aromatic N) is 1. The molecule has 1 amide bonds. The molecule has 2 rings (SSSR count). The number of sulfonamides is 1. The van der Waals surface area contributed by atoms with Gasteiger partial charge in [-0.3, -0.25) is 4.79 Å². The van der Waals surface area contributed by atoms with Crippen LogP contribution in [0.25, 0.3) is 0 Å². The average molecular weight is 396 g/mol. The molecule has 0 aliphatic heterocycles. The second-order valence-electron chi connectivity index (χ2n) is 7.04. The van der Waals surface area contributed by atoms with Crippen LogP contribution in [0.15, 0.2) is 29.2 Å². The molecular formula is C20H33N3O3S. The van der Waals surface area contributed by atoms with Gasteiger partial charge in [0, 0.05) is 37.8 Å². The van der Waals surface area contributed by atoms with E-state index in [2.05, 4.69) is 10.0 Å². The fraction of sp³-hybridized carbons (Fsp3) is 0.650. The van der Waals surface area contributed by atoms with E-state index in [4.69, 9.17) is 0 Å². The quantitative estimate of drug-likeness (QED) is 0.498. The van der Waals surface area contributed by atoms with Crippen LogP contribution in [0.4, 0.5) is 0 Å². The Hall–Kier alpha value is -1.44. The zero-order chi connectivity index (χ0) is 19.7. The first kappa shape index (κ1) is 21.9. The van der Waals surface area contributed by atoms with Crippen LogP contribution in [-0.4, -0.2) is 51.4 Å². The minimum atomic E-state index is -3.56. The first-order chi connectivity index (χ1) is 13.0. The Labute approximate surface area is 163 Å². The lowest BCUT2D eigenvalue weighted by atomic mass is 10.1. The van der Waals surface area contributed by atoms with Gasteiger partial charge in [0.2, 0.25) is 10.0 Å². The molecule has 0 atom stereocenters. The number of hydrogen-bond acceptors (Lipinski definition) is 4. The number of benzene rings is 1. The Morgan fingerprint density at radius 3 is 2.15 bits per heavy atom. The van der Waals surface area contributed by atoms with E-state index in [-0.39, 0.29) is 10.8 Å². The summed E-state index contributed by atoms with van der Waals surface area (Å²) >= 11 is 0. The van der Waals surface area contributed by atoms with Crippen LogP contribution in [0.2, 0.25) is 0 Å². The molecule has 1 aromatic carbocycles. The lowest BCUT2D eigenvalue weighted by Crippen LogP contribution is -2.36. The Kier molecular flexibility index (Phi) is 8.73. The number of hydrogen-bond donors (Lipinski definition) is 2. The SMILES string of the molecule is CCN(CC)C(=O)c1ccc(S(=O)(=O)NCCNC2CCCCCC2)cc1. The van der Waals surface area contributed by atoms with Crippen molar-refractivity contribution in [3.8, 4) is 0 Å². The molecule has 0 aromatic heterocycles. The monoisotopic (exact) mass is 395 g/mol. The maximum Gasteiger partial charge on any atom is 0.253 e. The molecule has 2 N–H and O–H groups in total. The van der Waals surface area contributed by atoms with Gasteiger partial charge in [-0.05, 0) is 51.0 Å². The molecule has 0 heterocycles. The molecule has 0 unspecified atom stereocenters. The summed E-state index contributed by atoms with van der Waals surface area (Å²) in [5.74, 6) is -0.0792. The van der Waals surface area contributed by atoms with Crippen LogP contribution in [0.5, 0.6) is 0 Å². The third-order valence-electron chi connectivity index (χ3n) is 5.17. The Balaban J connectivity index is 1.85. The van der Waals surface area contributed by atoms with E-state index in [0.29, 0.717) is 37.8 Å². The number of rotatable bonds is 9. The zero-order valence-electron chi connectivity index (χ0n) is 16.5. The first-order valence-corrected chi connectivity index (χ1v) is 11.6. The summed E-state index contributed by atoms with van der Waals surface area (Å²) in [5.41, 5.74) is 0.507. The largest absolute Gasteiger partial charge is 0.339 e. The molecule has 1 fully saturated rings. The minimum absolute atomic E-state index is 0.0792. The maximum absolute atomic E-state index is 12.4. The molecule has 0 radical (unpaired) electrons. The maximum atomic E-state index is 12.4. The third-order valence-corrected chi connectivity index (χ3v) is 6.64. The minimum Gasteiger partial charge on any atom is -0.339 e. The van der Waals surface area contributed by atoms with Crippen molar-refractivity contribution in [3.05, 3.63) is 29.8 Å². The highest BCUT2D eigenvalue weighted by Crippen LogP contribution is 2.17. The van der Waals surface area contributed by atoms with Crippen molar-refractivity contribution in [2.75, 3.05) is 26.2 Å². The first-order valence-electron chi connectivity index (χ1n) is 10.1. The zero-order valence-corrected chi connectivity index (χ0v) is 17.4. The summed E-state index contributed by atoms with van der Waals surface area (Å²) in [6.07, 6.45) is 7.46. The van der Waals surface area contributed by atoms with Crippen molar-refractivity contribution in [2.45, 2.75) is 63.3 Å². The Morgan fingerprint density at radius 1 is 1.00 bits per heavy atom. The van der Waals surface area contributed by atoms with E-state index < -0.39 is 10.0 Å². The summed E-state index contributed by atoms with van der Waals surface area (Å²) in [6, 6.07) is 6.66. The van der Waals surface area contributed by atoms with Gasteiger partial charge in [0.1, 0.15) is 0 Å². The van der Waals surface area contributed by atoms with Crippen molar-refractivity contribution in [3.63, 3.8) is 0 Å². The number of nitrogens with one attached hydrogen (secondary N) is 2. The van der Waals surface area contributed by atoms with Crippen LogP contribution in [-0.2, 0) is 10.0 Å². The standard InChI is InChI=1S/C20H33N3O3S/c1-3-23(4-2)20(24)17-11-13-19(14-12-17)27(25,26)22-16-15-21-18-9-7-5-6-8-10-18/h11-14,18,21-22H,3-10,15-16H2,1-2H3. The molecule has 1 aromatic rings. The van der Waals surface area contributed by atoms with Crippen molar-refractivity contribution in [1.29, 1.82) is 0 Å². The smallest absolute Gasteiger partial charge is 0.253 e. The van der Waals surface area contributed by atoms with E-state index in [9.17, 15) is 13.2 Å². The fourth-order valence-corrected chi connectivity index (χ4v) is 4.53. The molecule has 1 aliphatic rings. The third kappa shape index (κ3) is 6.59. The van der Waals surface area contributed by atoms with Crippen LogP contribution in [0.1, 0.15) is 62.7 Å². The van der Waals surface area contributed by atoms with Gasteiger partial charge in [0.15, 0.2) is 0 Å². The highest BCUT2D eigenvalue weighted by atomic mass is 32.2. The van der Waals surface area contributed by atoms with Gasteiger partial charge in [-0.25, -0.2) is 13.1 Å². The summed E-state index contributed by atoms with van der Waals surface area (Å²) in [6.45, 7) is 6.09. The summed E-state index contributed by atoms with van der Waals surface area (Å²) in [5, 5.41) is 3.46. The van der Waals surface area contributed by atoms with Gasteiger partial charge in [-0.2, -0.15) is 0 Å². The van der Waals surface area contributed by atoms with Gasteiger partial charge in [-0.1, -0.05) is 25.7 Å². The predicted octanol–water partition coefficient (Wildman–Crippen LogP) is 2.76. The van der Waals surface area contributed by atoms with Crippen LogP contribution in [0.3, 0.4) is 0 Å². The number of amides is 1. The molecule has 7 heteroatoms. The summed E-state index contributed by atoms with van der Waals surface area (Å²) in [4.78, 5) is 14.2. The van der Waals surface area contributed by atoms with E-state index in [1.54, 1.807) is 17.0 Å². The lowest BCUT2D eigenvalue weighted by molar-refractivity contribution is 0.0773. The Bertz CT molecular complexity index is 677.